The van der Waals surface area contributed by atoms with E-state index in [1.165, 1.54) is 53.9 Å². The number of aromatic nitrogens is 1. The zero-order valence-electron chi connectivity index (χ0n) is 26.4. The Morgan fingerprint density at radius 2 is 1.71 bits per heavy atom. The summed E-state index contributed by atoms with van der Waals surface area (Å²) in [4.78, 5) is 20.2. The van der Waals surface area contributed by atoms with Gasteiger partial charge in [-0.25, -0.2) is 18.2 Å². The Morgan fingerprint density at radius 3 is 2.29 bits per heavy atom. The van der Waals surface area contributed by atoms with Gasteiger partial charge < -0.3 is 14.6 Å². The number of carboxylic acid groups (broad SMARTS) is 1. The van der Waals surface area contributed by atoms with Gasteiger partial charge in [0.1, 0.15) is 16.5 Å². The standard InChI is InChI=1S/C33H34F3N3O6S3/c1-21-18-26(10-13-29(21)45-22(2)32(40)41)46-20-30-28(37-31(47-30)23-4-6-24(7-5-23)33(34,35)36)19-38-14-16-39(17-15-38)48(42,43)27-11-8-25(44-3)9-12-27/h4-13,18,22H,14-17,19-20H2,1-3H3,(H,40,41). The summed E-state index contributed by atoms with van der Waals surface area (Å²) >= 11 is 2.96. The Balaban J connectivity index is 1.32. The topological polar surface area (TPSA) is 109 Å². The first-order chi connectivity index (χ1) is 22.7. The highest BCUT2D eigenvalue weighted by Gasteiger charge is 2.31. The largest absolute Gasteiger partial charge is 0.497 e. The van der Waals surface area contributed by atoms with Gasteiger partial charge in [-0.15, -0.1) is 23.1 Å². The lowest BCUT2D eigenvalue weighted by atomic mass is 10.1. The van der Waals surface area contributed by atoms with Gasteiger partial charge in [0.2, 0.25) is 10.0 Å². The Kier molecular flexibility index (Phi) is 11.0. The quantitative estimate of drug-likeness (QED) is 0.158. The molecule has 0 bridgehead atoms. The number of carboxylic acids is 1. The van der Waals surface area contributed by atoms with Crippen LogP contribution in [0.3, 0.4) is 0 Å². The van der Waals surface area contributed by atoms with Crippen molar-refractivity contribution in [2.24, 2.45) is 0 Å². The van der Waals surface area contributed by atoms with Crippen molar-refractivity contribution in [3.63, 3.8) is 0 Å². The fourth-order valence-corrected chi connectivity index (χ4v) is 8.61. The summed E-state index contributed by atoms with van der Waals surface area (Å²) in [5.74, 6) is 0.517. The van der Waals surface area contributed by atoms with Gasteiger partial charge in [0, 0.05) is 53.8 Å². The van der Waals surface area contributed by atoms with Crippen LogP contribution in [0.15, 0.2) is 76.5 Å². The number of sulfonamides is 1. The smallest absolute Gasteiger partial charge is 0.416 e. The normalized spacial score (nSPS) is 15.3. The molecule has 0 amide bonds. The molecular formula is C33H34F3N3O6S3. The molecule has 0 radical (unpaired) electrons. The summed E-state index contributed by atoms with van der Waals surface area (Å²) in [6.45, 7) is 5.29. The first-order valence-electron chi connectivity index (χ1n) is 14.9. The number of piperazine rings is 1. The number of halogens is 3. The summed E-state index contributed by atoms with van der Waals surface area (Å²) in [5.41, 5.74) is 1.40. The molecule has 1 unspecified atom stereocenters. The van der Waals surface area contributed by atoms with Gasteiger partial charge in [-0.05, 0) is 74.0 Å². The van der Waals surface area contributed by atoms with Crippen LogP contribution in [0.4, 0.5) is 13.2 Å². The second kappa shape index (κ2) is 14.9. The molecule has 3 aromatic carbocycles. The summed E-state index contributed by atoms with van der Waals surface area (Å²) < 4.78 is 78.2. The average Bonchev–Trinajstić information content (AvgIpc) is 3.47. The fraction of sp³-hybridized carbons (Fsp3) is 0.333. The Hall–Kier alpha value is -3.63. The van der Waals surface area contributed by atoms with Crippen molar-refractivity contribution in [3.8, 4) is 22.1 Å². The number of thioether (sulfide) groups is 1. The van der Waals surface area contributed by atoms with Crippen molar-refractivity contribution >= 4 is 39.1 Å². The highest BCUT2D eigenvalue weighted by atomic mass is 32.2. The molecular weight excluding hydrogens is 688 g/mol. The van der Waals surface area contributed by atoms with Crippen molar-refractivity contribution in [1.82, 2.24) is 14.2 Å². The van der Waals surface area contributed by atoms with Crippen molar-refractivity contribution in [1.29, 1.82) is 0 Å². The summed E-state index contributed by atoms with van der Waals surface area (Å²) in [6.07, 6.45) is -5.43. The molecule has 0 saturated carbocycles. The van der Waals surface area contributed by atoms with E-state index >= 15 is 0 Å². The number of methoxy groups -OCH3 is 1. The molecule has 1 aliphatic rings. The van der Waals surface area contributed by atoms with Crippen LogP contribution in [0.25, 0.3) is 10.6 Å². The molecule has 1 saturated heterocycles. The zero-order chi connectivity index (χ0) is 34.6. The SMILES string of the molecule is COc1ccc(S(=O)(=O)N2CCN(Cc3nc(-c4ccc(C(F)(F)F)cc4)sc3CSc3ccc(OC(C)C(=O)O)c(C)c3)CC2)cc1. The molecule has 1 atom stereocenters. The molecule has 5 rings (SSSR count). The van der Waals surface area contributed by atoms with E-state index < -0.39 is 33.8 Å². The van der Waals surface area contributed by atoms with Gasteiger partial charge in [-0.3, -0.25) is 4.90 Å². The predicted octanol–water partition coefficient (Wildman–Crippen LogP) is 6.80. The first kappa shape index (κ1) is 35.7. The Morgan fingerprint density at radius 1 is 1.04 bits per heavy atom. The number of ether oxygens (including phenoxy) is 2. The number of rotatable bonds is 12. The van der Waals surface area contributed by atoms with Gasteiger partial charge in [0.15, 0.2) is 6.10 Å². The highest BCUT2D eigenvalue weighted by Crippen LogP contribution is 2.37. The fourth-order valence-electron chi connectivity index (χ4n) is 5.02. The second-order valence-corrected chi connectivity index (χ2v) is 15.2. The van der Waals surface area contributed by atoms with E-state index in [0.717, 1.165) is 33.2 Å². The third kappa shape index (κ3) is 8.50. The Bertz CT molecular complexity index is 1840. The molecule has 1 aromatic heterocycles. The molecule has 1 N–H and O–H groups in total. The summed E-state index contributed by atoms with van der Waals surface area (Å²) in [5, 5.41) is 9.76. The number of hydrogen-bond donors (Lipinski definition) is 1. The maximum atomic E-state index is 13.2. The molecule has 1 aliphatic heterocycles. The number of benzene rings is 3. The summed E-state index contributed by atoms with van der Waals surface area (Å²) in [6, 6.07) is 16.7. The number of aliphatic carboxylic acids is 1. The monoisotopic (exact) mass is 721 g/mol. The molecule has 48 heavy (non-hydrogen) atoms. The van der Waals surface area contributed by atoms with E-state index in [-0.39, 0.29) is 4.90 Å². The van der Waals surface area contributed by atoms with Crippen molar-refractivity contribution < 1.29 is 41.0 Å². The number of aryl methyl sites for hydroxylation is 1. The van der Waals surface area contributed by atoms with E-state index in [9.17, 15) is 26.4 Å². The minimum Gasteiger partial charge on any atom is -0.497 e. The minimum atomic E-state index is -4.44. The predicted molar refractivity (Wildman–Crippen MR) is 178 cm³/mol. The lowest BCUT2D eigenvalue weighted by Gasteiger charge is -2.33. The lowest BCUT2D eigenvalue weighted by molar-refractivity contribution is -0.144. The summed E-state index contributed by atoms with van der Waals surface area (Å²) in [7, 11) is -2.16. The third-order valence-corrected chi connectivity index (χ3v) is 12.1. The van der Waals surface area contributed by atoms with E-state index in [0.29, 0.717) is 60.5 Å². The Labute approximate surface area is 285 Å². The van der Waals surface area contributed by atoms with Crippen LogP contribution < -0.4 is 9.47 Å². The van der Waals surface area contributed by atoms with Crippen LogP contribution in [0.5, 0.6) is 11.5 Å². The number of carbonyl (C=O) groups is 1. The third-order valence-electron chi connectivity index (χ3n) is 7.81. The highest BCUT2D eigenvalue weighted by molar-refractivity contribution is 7.98. The lowest BCUT2D eigenvalue weighted by Crippen LogP contribution is -2.48. The number of nitrogens with zero attached hydrogens (tertiary/aromatic N) is 3. The van der Waals surface area contributed by atoms with Gasteiger partial charge in [0.05, 0.1) is 23.3 Å². The van der Waals surface area contributed by atoms with Gasteiger partial charge >= 0.3 is 12.1 Å². The van der Waals surface area contributed by atoms with Gasteiger partial charge in [-0.1, -0.05) is 12.1 Å². The molecule has 2 heterocycles. The maximum absolute atomic E-state index is 13.2. The molecule has 1 fully saturated rings. The first-order valence-corrected chi connectivity index (χ1v) is 18.1. The number of hydrogen-bond acceptors (Lipinski definition) is 9. The van der Waals surface area contributed by atoms with Gasteiger partial charge in [0.25, 0.3) is 0 Å². The van der Waals surface area contributed by atoms with Crippen LogP contribution in [-0.2, 0) is 33.3 Å². The number of thiazole rings is 1. The molecule has 0 spiro atoms. The number of alkyl halides is 3. The molecule has 4 aromatic rings. The van der Waals surface area contributed by atoms with Crippen LogP contribution in [0.2, 0.25) is 0 Å². The molecule has 0 aliphatic carbocycles. The van der Waals surface area contributed by atoms with E-state index in [4.69, 9.17) is 19.6 Å². The van der Waals surface area contributed by atoms with Crippen molar-refractivity contribution in [2.75, 3.05) is 33.3 Å². The van der Waals surface area contributed by atoms with E-state index in [1.807, 2.05) is 19.1 Å². The second-order valence-electron chi connectivity index (χ2n) is 11.1. The molecule has 256 valence electrons. The van der Waals surface area contributed by atoms with Crippen LogP contribution in [-0.4, -0.2) is 73.1 Å². The van der Waals surface area contributed by atoms with E-state index in [1.54, 1.807) is 30.0 Å². The molecule has 9 nitrogen and oxygen atoms in total. The van der Waals surface area contributed by atoms with Gasteiger partial charge in [-0.2, -0.15) is 17.5 Å². The van der Waals surface area contributed by atoms with Crippen LogP contribution in [0.1, 0.15) is 28.6 Å². The average molecular weight is 722 g/mol. The zero-order valence-corrected chi connectivity index (χ0v) is 28.8. The van der Waals surface area contributed by atoms with Crippen LogP contribution in [0, 0.1) is 6.92 Å². The maximum Gasteiger partial charge on any atom is 0.416 e. The molecule has 15 heteroatoms. The van der Waals surface area contributed by atoms with Crippen molar-refractivity contribution in [3.05, 3.63) is 88.4 Å². The van der Waals surface area contributed by atoms with E-state index in [2.05, 4.69) is 4.90 Å². The minimum absolute atomic E-state index is 0.197. The van der Waals surface area contributed by atoms with Crippen molar-refractivity contribution in [2.45, 2.75) is 48.2 Å². The van der Waals surface area contributed by atoms with Crippen LogP contribution >= 0.6 is 23.1 Å².